The van der Waals surface area contributed by atoms with Gasteiger partial charge >= 0.3 is 0 Å². The Balaban J connectivity index is 2.38. The molecule has 0 bridgehead atoms. The van der Waals surface area contributed by atoms with Crippen molar-refractivity contribution in [2.24, 2.45) is 0 Å². The lowest BCUT2D eigenvalue weighted by atomic mass is 10.2. The van der Waals surface area contributed by atoms with Crippen molar-refractivity contribution in [1.29, 1.82) is 0 Å². The second-order valence-electron chi connectivity index (χ2n) is 3.64. The largest absolute Gasteiger partial charge is 0.319 e. The average molecular weight is 214 g/mol. The van der Waals surface area contributed by atoms with Gasteiger partial charge in [-0.05, 0) is 31.9 Å². The van der Waals surface area contributed by atoms with E-state index in [-0.39, 0.29) is 5.56 Å². The molecule has 2 rings (SSSR count). The fourth-order valence-electron chi connectivity index (χ4n) is 1.62. The second-order valence-corrected chi connectivity index (χ2v) is 3.64. The maximum Gasteiger partial charge on any atom is 0.270 e. The van der Waals surface area contributed by atoms with E-state index in [0.29, 0.717) is 12.1 Å². The van der Waals surface area contributed by atoms with E-state index in [0.717, 1.165) is 17.5 Å². The third-order valence-electron chi connectivity index (χ3n) is 2.45. The molecular formula is C13H14N2O. The van der Waals surface area contributed by atoms with Crippen LogP contribution in [0.25, 0.3) is 11.0 Å². The van der Waals surface area contributed by atoms with Gasteiger partial charge in [-0.25, -0.2) is 4.98 Å². The summed E-state index contributed by atoms with van der Waals surface area (Å²) < 4.78 is 0. The molecule has 0 radical (unpaired) electrons. The Bertz CT molecular complexity index is 569. The molecular weight excluding hydrogens is 200 g/mol. The van der Waals surface area contributed by atoms with E-state index in [2.05, 4.69) is 9.97 Å². The van der Waals surface area contributed by atoms with Gasteiger partial charge in [0.05, 0.1) is 11.0 Å². The molecule has 0 aliphatic rings. The number of benzene rings is 1. The molecule has 0 spiro atoms. The number of para-hydroxylation sites is 2. The van der Waals surface area contributed by atoms with E-state index in [1.54, 1.807) is 0 Å². The van der Waals surface area contributed by atoms with Gasteiger partial charge in [-0.3, -0.25) is 4.79 Å². The summed E-state index contributed by atoms with van der Waals surface area (Å²) >= 11 is 0. The molecule has 0 atom stereocenters. The monoisotopic (exact) mass is 214 g/mol. The van der Waals surface area contributed by atoms with Crippen LogP contribution >= 0.6 is 0 Å². The highest BCUT2D eigenvalue weighted by atomic mass is 16.1. The molecule has 0 aliphatic heterocycles. The lowest BCUT2D eigenvalue weighted by molar-refractivity contribution is 0.919. The normalized spacial score (nSPS) is 11.3. The Hall–Kier alpha value is -1.90. The number of hydrogen-bond acceptors (Lipinski definition) is 2. The van der Waals surface area contributed by atoms with E-state index in [1.165, 1.54) is 0 Å². The first kappa shape index (κ1) is 10.6. The number of H-pyrrole nitrogens is 1. The first-order valence-electron chi connectivity index (χ1n) is 5.40. The zero-order chi connectivity index (χ0) is 11.4. The smallest absolute Gasteiger partial charge is 0.270 e. The molecule has 82 valence electrons. The highest BCUT2D eigenvalue weighted by molar-refractivity contribution is 5.73. The minimum Gasteiger partial charge on any atom is -0.319 e. The van der Waals surface area contributed by atoms with E-state index in [1.807, 2.05) is 43.3 Å². The molecule has 0 saturated carbocycles. The molecule has 0 saturated heterocycles. The summed E-state index contributed by atoms with van der Waals surface area (Å²) in [5, 5.41) is 0. The molecule has 0 unspecified atom stereocenters. The third kappa shape index (κ3) is 2.19. The number of rotatable bonds is 3. The molecule has 0 fully saturated rings. The lowest BCUT2D eigenvalue weighted by Gasteiger charge is -2.00. The summed E-state index contributed by atoms with van der Waals surface area (Å²) in [4.78, 5) is 18.9. The Morgan fingerprint density at radius 2 is 2.19 bits per heavy atom. The number of aryl methyl sites for hydroxylation is 1. The number of allylic oxidation sites excluding steroid dienone is 2. The standard InChI is InChI=1S/C13H14N2O/c1-2-3-4-9-12-13(16)15-11-8-6-5-7-10(11)14-12/h2-3,5-8H,4,9H2,1H3,(H,15,16). The van der Waals surface area contributed by atoms with Gasteiger partial charge in [0, 0.05) is 0 Å². The minimum absolute atomic E-state index is 0.0804. The zero-order valence-corrected chi connectivity index (χ0v) is 9.23. The number of fused-ring (bicyclic) bond motifs is 1. The first-order valence-corrected chi connectivity index (χ1v) is 5.40. The van der Waals surface area contributed by atoms with Crippen molar-refractivity contribution in [3.8, 4) is 0 Å². The van der Waals surface area contributed by atoms with E-state index >= 15 is 0 Å². The summed E-state index contributed by atoms with van der Waals surface area (Å²) in [6.45, 7) is 1.97. The van der Waals surface area contributed by atoms with Crippen molar-refractivity contribution in [2.75, 3.05) is 0 Å². The molecule has 3 nitrogen and oxygen atoms in total. The number of hydrogen-bond donors (Lipinski definition) is 1. The third-order valence-corrected chi connectivity index (χ3v) is 2.45. The van der Waals surface area contributed by atoms with Gasteiger partial charge in [0.2, 0.25) is 0 Å². The Morgan fingerprint density at radius 3 is 3.00 bits per heavy atom. The molecule has 0 aliphatic carbocycles. The summed E-state index contributed by atoms with van der Waals surface area (Å²) in [6, 6.07) is 7.58. The fourth-order valence-corrected chi connectivity index (χ4v) is 1.62. The topological polar surface area (TPSA) is 45.8 Å². The average Bonchev–Trinajstić information content (AvgIpc) is 2.30. The number of aromatic nitrogens is 2. The summed E-state index contributed by atoms with van der Waals surface area (Å²) in [5.41, 5.74) is 2.17. The fraction of sp³-hybridized carbons (Fsp3) is 0.231. The molecule has 2 aromatic rings. The predicted molar refractivity (Wildman–Crippen MR) is 65.5 cm³/mol. The molecule has 1 aromatic heterocycles. The maximum absolute atomic E-state index is 11.7. The van der Waals surface area contributed by atoms with Gasteiger partial charge in [0.15, 0.2) is 0 Å². The number of nitrogens with one attached hydrogen (secondary N) is 1. The zero-order valence-electron chi connectivity index (χ0n) is 9.23. The van der Waals surface area contributed by atoms with Gasteiger partial charge in [-0.15, -0.1) is 0 Å². The summed E-state index contributed by atoms with van der Waals surface area (Å²) in [7, 11) is 0. The van der Waals surface area contributed by atoms with Crippen LogP contribution in [-0.4, -0.2) is 9.97 Å². The quantitative estimate of drug-likeness (QED) is 0.797. The number of aromatic amines is 1. The Kier molecular flexibility index (Phi) is 3.15. The van der Waals surface area contributed by atoms with E-state index in [9.17, 15) is 4.79 Å². The number of nitrogens with zero attached hydrogens (tertiary/aromatic N) is 1. The van der Waals surface area contributed by atoms with E-state index in [4.69, 9.17) is 0 Å². The van der Waals surface area contributed by atoms with Crippen LogP contribution in [0.4, 0.5) is 0 Å². The van der Waals surface area contributed by atoms with Gasteiger partial charge < -0.3 is 4.98 Å². The first-order chi connectivity index (χ1) is 7.81. The van der Waals surface area contributed by atoms with Crippen LogP contribution in [-0.2, 0) is 6.42 Å². The molecule has 3 heteroatoms. The van der Waals surface area contributed by atoms with Crippen LogP contribution in [0.15, 0.2) is 41.2 Å². The Labute approximate surface area is 93.8 Å². The van der Waals surface area contributed by atoms with Gasteiger partial charge in [0.25, 0.3) is 5.56 Å². The summed E-state index contributed by atoms with van der Waals surface area (Å²) in [6.07, 6.45) is 5.56. The SMILES string of the molecule is CC=CCCc1nc2ccccc2[nH]c1=O. The van der Waals surface area contributed by atoms with Gasteiger partial charge in [-0.2, -0.15) is 0 Å². The van der Waals surface area contributed by atoms with Crippen molar-refractivity contribution in [2.45, 2.75) is 19.8 Å². The second kappa shape index (κ2) is 4.75. The van der Waals surface area contributed by atoms with Crippen molar-refractivity contribution >= 4 is 11.0 Å². The predicted octanol–water partition coefficient (Wildman–Crippen LogP) is 2.43. The van der Waals surface area contributed by atoms with Crippen LogP contribution in [0.3, 0.4) is 0 Å². The highest BCUT2D eigenvalue weighted by Crippen LogP contribution is 2.06. The molecule has 16 heavy (non-hydrogen) atoms. The molecule has 1 heterocycles. The molecule has 1 N–H and O–H groups in total. The van der Waals surface area contributed by atoms with Crippen LogP contribution in [0.5, 0.6) is 0 Å². The molecule has 0 amide bonds. The van der Waals surface area contributed by atoms with Crippen molar-refractivity contribution in [1.82, 2.24) is 9.97 Å². The highest BCUT2D eigenvalue weighted by Gasteiger charge is 2.02. The minimum atomic E-state index is -0.0804. The van der Waals surface area contributed by atoms with Crippen LogP contribution in [0.2, 0.25) is 0 Å². The van der Waals surface area contributed by atoms with Crippen molar-refractivity contribution < 1.29 is 0 Å². The van der Waals surface area contributed by atoms with Crippen LogP contribution in [0.1, 0.15) is 19.0 Å². The maximum atomic E-state index is 11.7. The van der Waals surface area contributed by atoms with Crippen molar-refractivity contribution in [3.63, 3.8) is 0 Å². The lowest BCUT2D eigenvalue weighted by Crippen LogP contribution is -2.14. The summed E-state index contributed by atoms with van der Waals surface area (Å²) in [5.74, 6) is 0. The van der Waals surface area contributed by atoms with Crippen LogP contribution in [0, 0.1) is 0 Å². The van der Waals surface area contributed by atoms with Gasteiger partial charge in [-0.1, -0.05) is 24.3 Å². The van der Waals surface area contributed by atoms with Gasteiger partial charge in [0.1, 0.15) is 5.69 Å². The van der Waals surface area contributed by atoms with Crippen LogP contribution < -0.4 is 5.56 Å². The van der Waals surface area contributed by atoms with E-state index < -0.39 is 0 Å². The van der Waals surface area contributed by atoms with Crippen molar-refractivity contribution in [3.05, 3.63) is 52.5 Å². The Morgan fingerprint density at radius 1 is 1.38 bits per heavy atom. The molecule has 1 aromatic carbocycles.